The van der Waals surface area contributed by atoms with E-state index in [1.807, 2.05) is 23.1 Å². The summed E-state index contributed by atoms with van der Waals surface area (Å²) < 4.78 is 0. The van der Waals surface area contributed by atoms with Crippen LogP contribution in [0.25, 0.3) is 0 Å². The smallest absolute Gasteiger partial charge is 0.225 e. The topological polar surface area (TPSA) is 74.3 Å². The first-order chi connectivity index (χ1) is 12.2. The van der Waals surface area contributed by atoms with Crippen molar-refractivity contribution in [3.05, 3.63) is 24.4 Å². The van der Waals surface area contributed by atoms with Crippen LogP contribution < -0.4 is 10.6 Å². The van der Waals surface area contributed by atoms with Gasteiger partial charge in [0, 0.05) is 38.3 Å². The van der Waals surface area contributed by atoms with Gasteiger partial charge in [0.15, 0.2) is 0 Å². The average Bonchev–Trinajstić information content (AvgIpc) is 3.50. The Bertz CT molecular complexity index is 574. The Morgan fingerprint density at radius 1 is 1.12 bits per heavy atom. The van der Waals surface area contributed by atoms with E-state index < -0.39 is 0 Å². The summed E-state index contributed by atoms with van der Waals surface area (Å²) in [4.78, 5) is 30.6. The highest BCUT2D eigenvalue weighted by Crippen LogP contribution is 2.32. The monoisotopic (exact) mass is 344 g/mol. The molecule has 1 atom stereocenters. The number of nitrogens with zero attached hydrogens (tertiary/aromatic N) is 2. The van der Waals surface area contributed by atoms with Crippen molar-refractivity contribution in [2.24, 2.45) is 11.8 Å². The molecule has 0 bridgehead atoms. The van der Waals surface area contributed by atoms with Gasteiger partial charge in [0.2, 0.25) is 11.8 Å². The maximum atomic E-state index is 12.3. The first kappa shape index (κ1) is 17.7. The molecule has 1 saturated carbocycles. The van der Waals surface area contributed by atoms with Crippen molar-refractivity contribution in [1.82, 2.24) is 15.2 Å². The molecule has 136 valence electrons. The number of carbonyl (C=O) groups excluding carboxylic acids is 2. The minimum atomic E-state index is -0.0388. The summed E-state index contributed by atoms with van der Waals surface area (Å²) in [5.41, 5.74) is 0. The maximum Gasteiger partial charge on any atom is 0.225 e. The minimum absolute atomic E-state index is 0.0388. The molecule has 1 aromatic rings. The Kier molecular flexibility index (Phi) is 6.25. The number of pyridine rings is 1. The molecule has 6 nitrogen and oxygen atoms in total. The van der Waals surface area contributed by atoms with Crippen molar-refractivity contribution in [3.63, 3.8) is 0 Å². The molecule has 2 fully saturated rings. The molecule has 1 unspecified atom stereocenters. The third-order valence-electron chi connectivity index (χ3n) is 4.90. The molecule has 0 radical (unpaired) electrons. The minimum Gasteiger partial charge on any atom is -0.370 e. The second kappa shape index (κ2) is 8.83. The predicted octanol–water partition coefficient (Wildman–Crippen LogP) is 2.04. The van der Waals surface area contributed by atoms with Gasteiger partial charge in [-0.25, -0.2) is 4.98 Å². The zero-order valence-electron chi connectivity index (χ0n) is 14.7. The van der Waals surface area contributed by atoms with Gasteiger partial charge in [0.25, 0.3) is 0 Å². The summed E-state index contributed by atoms with van der Waals surface area (Å²) in [5.74, 6) is 1.45. The maximum absolute atomic E-state index is 12.3. The molecule has 1 aliphatic heterocycles. The van der Waals surface area contributed by atoms with Crippen LogP contribution in [0.3, 0.4) is 0 Å². The average molecular weight is 344 g/mol. The summed E-state index contributed by atoms with van der Waals surface area (Å²) in [6.45, 7) is 2.95. The third kappa shape index (κ3) is 5.44. The van der Waals surface area contributed by atoms with Crippen molar-refractivity contribution in [3.8, 4) is 0 Å². The molecule has 2 heterocycles. The number of hydrogen-bond acceptors (Lipinski definition) is 4. The summed E-state index contributed by atoms with van der Waals surface area (Å²) in [6.07, 6.45) is 7.56. The molecular formula is C19H28N4O2. The van der Waals surface area contributed by atoms with E-state index in [9.17, 15) is 9.59 Å². The first-order valence-corrected chi connectivity index (χ1v) is 9.45. The van der Waals surface area contributed by atoms with Gasteiger partial charge >= 0.3 is 0 Å². The molecule has 0 spiro atoms. The van der Waals surface area contributed by atoms with E-state index in [0.29, 0.717) is 13.1 Å². The Hall–Kier alpha value is -2.11. The number of amides is 2. The van der Waals surface area contributed by atoms with E-state index in [0.717, 1.165) is 57.4 Å². The quantitative estimate of drug-likeness (QED) is 0.708. The van der Waals surface area contributed by atoms with Crippen molar-refractivity contribution in [2.45, 2.75) is 38.5 Å². The van der Waals surface area contributed by atoms with E-state index in [4.69, 9.17) is 0 Å². The molecule has 6 heteroatoms. The van der Waals surface area contributed by atoms with Crippen LogP contribution in [0.1, 0.15) is 38.5 Å². The Morgan fingerprint density at radius 2 is 1.96 bits per heavy atom. The number of carbonyl (C=O) groups is 2. The van der Waals surface area contributed by atoms with Crippen molar-refractivity contribution in [1.29, 1.82) is 0 Å². The van der Waals surface area contributed by atoms with E-state index in [1.54, 1.807) is 6.20 Å². The van der Waals surface area contributed by atoms with Gasteiger partial charge in [-0.1, -0.05) is 6.07 Å². The highest BCUT2D eigenvalue weighted by atomic mass is 16.2. The number of piperidine rings is 1. The van der Waals surface area contributed by atoms with E-state index in [-0.39, 0.29) is 23.7 Å². The molecule has 0 aromatic carbocycles. The Labute approximate surface area is 149 Å². The molecule has 1 aliphatic carbocycles. The second-order valence-corrected chi connectivity index (χ2v) is 7.04. The lowest BCUT2D eigenvalue weighted by atomic mass is 9.96. The standard InChI is InChI=1S/C19H28N4O2/c24-18(16-6-5-13-23(14-16)19(25)15-8-9-15)22-12-4-3-11-21-17-7-1-2-10-20-17/h1-2,7,10,15-16H,3-6,8-9,11-14H2,(H,20,21)(H,22,24). The second-order valence-electron chi connectivity index (χ2n) is 7.04. The predicted molar refractivity (Wildman–Crippen MR) is 97.0 cm³/mol. The number of nitrogens with one attached hydrogen (secondary N) is 2. The van der Waals surface area contributed by atoms with E-state index in [2.05, 4.69) is 15.6 Å². The molecule has 3 rings (SSSR count). The largest absolute Gasteiger partial charge is 0.370 e. The summed E-state index contributed by atoms with van der Waals surface area (Å²) >= 11 is 0. The lowest BCUT2D eigenvalue weighted by Crippen LogP contribution is -2.46. The summed E-state index contributed by atoms with van der Waals surface area (Å²) in [7, 11) is 0. The summed E-state index contributed by atoms with van der Waals surface area (Å²) in [5, 5.41) is 6.30. The zero-order chi connectivity index (χ0) is 17.5. The van der Waals surface area contributed by atoms with Crippen LogP contribution in [-0.2, 0) is 9.59 Å². The molecule has 2 amide bonds. The van der Waals surface area contributed by atoms with Crippen LogP contribution in [-0.4, -0.2) is 47.9 Å². The molecule has 1 saturated heterocycles. The highest BCUT2D eigenvalue weighted by molar-refractivity contribution is 5.83. The first-order valence-electron chi connectivity index (χ1n) is 9.45. The molecule has 2 aliphatic rings. The van der Waals surface area contributed by atoms with Crippen molar-refractivity contribution < 1.29 is 9.59 Å². The van der Waals surface area contributed by atoms with Crippen molar-refractivity contribution >= 4 is 17.6 Å². The van der Waals surface area contributed by atoms with Gasteiger partial charge in [-0.3, -0.25) is 9.59 Å². The SMILES string of the molecule is O=C(NCCCCNc1ccccn1)C1CCCN(C(=O)C2CC2)C1. The number of aromatic nitrogens is 1. The number of anilines is 1. The summed E-state index contributed by atoms with van der Waals surface area (Å²) in [6, 6.07) is 5.79. The molecule has 1 aromatic heterocycles. The third-order valence-corrected chi connectivity index (χ3v) is 4.90. The van der Waals surface area contributed by atoms with Crippen molar-refractivity contribution in [2.75, 3.05) is 31.5 Å². The Balaban J connectivity index is 1.29. The van der Waals surface area contributed by atoms with Gasteiger partial charge in [0.1, 0.15) is 5.82 Å². The van der Waals surface area contributed by atoms with Crippen LogP contribution in [0.4, 0.5) is 5.82 Å². The van der Waals surface area contributed by atoms with Crippen LogP contribution in [0.2, 0.25) is 0 Å². The zero-order valence-corrected chi connectivity index (χ0v) is 14.7. The fourth-order valence-corrected chi connectivity index (χ4v) is 3.27. The molecule has 2 N–H and O–H groups in total. The number of rotatable bonds is 8. The Morgan fingerprint density at radius 3 is 2.72 bits per heavy atom. The van der Waals surface area contributed by atoms with Gasteiger partial charge in [-0.15, -0.1) is 0 Å². The van der Waals surface area contributed by atoms with Gasteiger partial charge < -0.3 is 15.5 Å². The fourth-order valence-electron chi connectivity index (χ4n) is 3.27. The van der Waals surface area contributed by atoms with E-state index in [1.165, 1.54) is 0 Å². The molecule has 25 heavy (non-hydrogen) atoms. The van der Waals surface area contributed by atoms with Gasteiger partial charge in [0.05, 0.1) is 5.92 Å². The lowest BCUT2D eigenvalue weighted by molar-refractivity contribution is -0.136. The number of unbranched alkanes of at least 4 members (excludes halogenated alkanes) is 1. The lowest BCUT2D eigenvalue weighted by Gasteiger charge is -2.32. The van der Waals surface area contributed by atoms with Crippen LogP contribution in [0.5, 0.6) is 0 Å². The number of hydrogen-bond donors (Lipinski definition) is 2. The number of likely N-dealkylation sites (tertiary alicyclic amines) is 1. The van der Waals surface area contributed by atoms with Crippen LogP contribution in [0, 0.1) is 11.8 Å². The normalized spacial score (nSPS) is 20.2. The van der Waals surface area contributed by atoms with Gasteiger partial charge in [-0.05, 0) is 50.7 Å². The fraction of sp³-hybridized carbons (Fsp3) is 0.632. The molecular weight excluding hydrogens is 316 g/mol. The van der Waals surface area contributed by atoms with Crippen LogP contribution >= 0.6 is 0 Å². The van der Waals surface area contributed by atoms with Gasteiger partial charge in [-0.2, -0.15) is 0 Å². The van der Waals surface area contributed by atoms with Crippen LogP contribution in [0.15, 0.2) is 24.4 Å². The van der Waals surface area contributed by atoms with E-state index >= 15 is 0 Å². The highest BCUT2D eigenvalue weighted by Gasteiger charge is 2.36.